The van der Waals surface area contributed by atoms with Crippen LogP contribution >= 0.6 is 11.6 Å². The second-order valence-electron chi connectivity index (χ2n) is 5.95. The lowest BCUT2D eigenvalue weighted by atomic mass is 10.0. The van der Waals surface area contributed by atoms with Crippen LogP contribution in [0.25, 0.3) is 0 Å². The Kier molecular flexibility index (Phi) is 5.67. The number of carbonyl (C=O) groups is 1. The minimum atomic E-state index is -3.81. The van der Waals surface area contributed by atoms with E-state index in [4.69, 9.17) is 11.6 Å². The molecule has 0 radical (unpaired) electrons. The lowest BCUT2D eigenvalue weighted by molar-refractivity contribution is -0.123. The number of amides is 1. The normalized spacial score (nSPS) is 18.6. The van der Waals surface area contributed by atoms with E-state index >= 15 is 0 Å². The highest BCUT2D eigenvalue weighted by Gasteiger charge is 2.32. The number of aliphatic hydroxyl groups is 1. The van der Waals surface area contributed by atoms with Crippen molar-refractivity contribution in [3.63, 3.8) is 0 Å². The third-order valence-electron chi connectivity index (χ3n) is 3.98. The van der Waals surface area contributed by atoms with Crippen LogP contribution in [0.4, 0.5) is 0 Å². The Labute approximate surface area is 141 Å². The van der Waals surface area contributed by atoms with Crippen molar-refractivity contribution in [2.24, 2.45) is 0 Å². The van der Waals surface area contributed by atoms with Gasteiger partial charge in [0.05, 0.1) is 16.5 Å². The van der Waals surface area contributed by atoms with Gasteiger partial charge in [0.15, 0.2) is 0 Å². The molecular formula is C15H21ClN2O4S. The maximum absolute atomic E-state index is 12.2. The summed E-state index contributed by atoms with van der Waals surface area (Å²) >= 11 is 5.73. The first-order valence-electron chi connectivity index (χ1n) is 7.50. The first-order chi connectivity index (χ1) is 10.7. The van der Waals surface area contributed by atoms with Crippen molar-refractivity contribution < 1.29 is 18.3 Å². The fourth-order valence-corrected chi connectivity index (χ4v) is 3.91. The Morgan fingerprint density at radius 1 is 1.30 bits per heavy atom. The summed E-state index contributed by atoms with van der Waals surface area (Å²) in [6.45, 7) is 1.60. The third kappa shape index (κ3) is 4.91. The summed E-state index contributed by atoms with van der Waals surface area (Å²) in [4.78, 5) is 12.1. The van der Waals surface area contributed by atoms with Crippen LogP contribution < -0.4 is 10.0 Å². The van der Waals surface area contributed by atoms with E-state index in [0.29, 0.717) is 17.9 Å². The lowest BCUT2D eigenvalue weighted by Crippen LogP contribution is -2.49. The van der Waals surface area contributed by atoms with Crippen LogP contribution in [0.1, 0.15) is 32.6 Å². The number of carbonyl (C=O) groups excluding carboxylic acids is 1. The van der Waals surface area contributed by atoms with Crippen molar-refractivity contribution in [2.45, 2.75) is 49.1 Å². The molecule has 1 aliphatic rings. The highest BCUT2D eigenvalue weighted by molar-refractivity contribution is 7.89. The van der Waals surface area contributed by atoms with Crippen LogP contribution in [0, 0.1) is 0 Å². The molecule has 1 fully saturated rings. The molecule has 0 heterocycles. The molecule has 1 saturated carbocycles. The molecule has 1 amide bonds. The fraction of sp³-hybridized carbons (Fsp3) is 0.533. The van der Waals surface area contributed by atoms with E-state index in [1.165, 1.54) is 31.2 Å². The molecule has 0 saturated heterocycles. The van der Waals surface area contributed by atoms with Gasteiger partial charge in [0.2, 0.25) is 15.9 Å². The smallest absolute Gasteiger partial charge is 0.241 e. The zero-order valence-electron chi connectivity index (χ0n) is 12.9. The number of benzene rings is 1. The molecule has 23 heavy (non-hydrogen) atoms. The van der Waals surface area contributed by atoms with Gasteiger partial charge in [-0.05, 0) is 44.0 Å². The Morgan fingerprint density at radius 3 is 2.43 bits per heavy atom. The minimum Gasteiger partial charge on any atom is -0.388 e. The van der Waals surface area contributed by atoms with Gasteiger partial charge in [0.25, 0.3) is 0 Å². The molecule has 6 nitrogen and oxygen atoms in total. The van der Waals surface area contributed by atoms with Gasteiger partial charge >= 0.3 is 0 Å². The molecule has 0 aromatic heterocycles. The summed E-state index contributed by atoms with van der Waals surface area (Å²) in [6, 6.07) is 4.74. The molecule has 1 aromatic rings. The number of rotatable bonds is 6. The fourth-order valence-electron chi connectivity index (χ4n) is 2.58. The molecule has 0 bridgehead atoms. The second-order valence-corrected chi connectivity index (χ2v) is 8.10. The van der Waals surface area contributed by atoms with Gasteiger partial charge in [-0.3, -0.25) is 4.79 Å². The van der Waals surface area contributed by atoms with E-state index < -0.39 is 27.6 Å². The summed E-state index contributed by atoms with van der Waals surface area (Å²) in [5.41, 5.74) is -0.871. The van der Waals surface area contributed by atoms with Gasteiger partial charge < -0.3 is 10.4 Å². The van der Waals surface area contributed by atoms with E-state index in [0.717, 1.165) is 12.8 Å². The second kappa shape index (κ2) is 7.17. The molecule has 0 aliphatic heterocycles. The van der Waals surface area contributed by atoms with E-state index in [1.807, 2.05) is 0 Å². The van der Waals surface area contributed by atoms with Crippen molar-refractivity contribution in [3.05, 3.63) is 29.3 Å². The van der Waals surface area contributed by atoms with Crippen molar-refractivity contribution in [2.75, 3.05) is 6.54 Å². The highest BCUT2D eigenvalue weighted by Crippen LogP contribution is 2.28. The maximum Gasteiger partial charge on any atom is 0.241 e. The Bertz CT molecular complexity index is 655. The zero-order valence-corrected chi connectivity index (χ0v) is 14.5. The van der Waals surface area contributed by atoms with Crippen molar-refractivity contribution in [3.8, 4) is 0 Å². The molecule has 0 unspecified atom stereocenters. The van der Waals surface area contributed by atoms with Gasteiger partial charge in [0, 0.05) is 11.6 Å². The van der Waals surface area contributed by atoms with E-state index in [-0.39, 0.29) is 11.4 Å². The summed E-state index contributed by atoms with van der Waals surface area (Å²) in [6.07, 6.45) is 3.17. The molecule has 1 aliphatic carbocycles. The molecule has 3 N–H and O–H groups in total. The van der Waals surface area contributed by atoms with Crippen LogP contribution in [-0.4, -0.2) is 37.6 Å². The predicted molar refractivity (Wildman–Crippen MR) is 87.7 cm³/mol. The summed E-state index contributed by atoms with van der Waals surface area (Å²) in [7, 11) is -3.81. The first kappa shape index (κ1) is 18.2. The predicted octanol–water partition coefficient (Wildman–Crippen LogP) is 1.43. The Balaban J connectivity index is 1.93. The number of sulfonamides is 1. The largest absolute Gasteiger partial charge is 0.388 e. The molecular weight excluding hydrogens is 340 g/mol. The Hall–Kier alpha value is -1.15. The number of hydrogen-bond acceptors (Lipinski definition) is 4. The van der Waals surface area contributed by atoms with E-state index in [9.17, 15) is 18.3 Å². The van der Waals surface area contributed by atoms with Crippen LogP contribution in [0.2, 0.25) is 5.02 Å². The molecule has 2 rings (SSSR count). The van der Waals surface area contributed by atoms with Crippen molar-refractivity contribution in [1.82, 2.24) is 10.0 Å². The minimum absolute atomic E-state index is 0.0379. The van der Waals surface area contributed by atoms with Crippen LogP contribution in [0.15, 0.2) is 29.2 Å². The maximum atomic E-state index is 12.2. The average Bonchev–Trinajstić information content (AvgIpc) is 2.92. The molecule has 0 spiro atoms. The van der Waals surface area contributed by atoms with E-state index in [2.05, 4.69) is 10.0 Å². The molecule has 1 aromatic carbocycles. The summed E-state index contributed by atoms with van der Waals surface area (Å²) in [5, 5.41) is 13.2. The van der Waals surface area contributed by atoms with Gasteiger partial charge in [-0.2, -0.15) is 4.72 Å². The molecule has 8 heteroatoms. The number of nitrogens with one attached hydrogen (secondary N) is 2. The number of halogens is 1. The topological polar surface area (TPSA) is 95.5 Å². The van der Waals surface area contributed by atoms with Gasteiger partial charge in [0.1, 0.15) is 0 Å². The monoisotopic (exact) mass is 360 g/mol. The average molecular weight is 361 g/mol. The summed E-state index contributed by atoms with van der Waals surface area (Å²) in [5.74, 6) is -0.470. The van der Waals surface area contributed by atoms with Gasteiger partial charge in [-0.15, -0.1) is 0 Å². The van der Waals surface area contributed by atoms with Crippen molar-refractivity contribution >= 4 is 27.5 Å². The SMILES string of the molecule is C[C@H](NS(=O)(=O)c1ccc(Cl)cc1)C(=O)NCC1(O)CCCC1. The van der Waals surface area contributed by atoms with Crippen LogP contribution in [0.3, 0.4) is 0 Å². The van der Waals surface area contributed by atoms with Crippen LogP contribution in [-0.2, 0) is 14.8 Å². The van der Waals surface area contributed by atoms with Gasteiger partial charge in [-0.25, -0.2) is 8.42 Å². The third-order valence-corrected chi connectivity index (χ3v) is 5.78. The molecule has 1 atom stereocenters. The van der Waals surface area contributed by atoms with Crippen LogP contribution in [0.5, 0.6) is 0 Å². The van der Waals surface area contributed by atoms with E-state index in [1.54, 1.807) is 0 Å². The zero-order chi connectivity index (χ0) is 17.1. The highest BCUT2D eigenvalue weighted by atomic mass is 35.5. The first-order valence-corrected chi connectivity index (χ1v) is 9.36. The Morgan fingerprint density at radius 2 is 1.87 bits per heavy atom. The quantitative estimate of drug-likeness (QED) is 0.715. The van der Waals surface area contributed by atoms with Crippen molar-refractivity contribution in [1.29, 1.82) is 0 Å². The number of hydrogen-bond donors (Lipinski definition) is 3. The molecule has 128 valence electrons. The standard InChI is InChI=1S/C15H21ClN2O4S/c1-11(14(19)17-10-15(20)8-2-3-9-15)18-23(21,22)13-6-4-12(16)5-7-13/h4-7,11,18,20H,2-3,8-10H2,1H3,(H,17,19)/t11-/m0/s1. The summed E-state index contributed by atoms with van der Waals surface area (Å²) < 4.78 is 26.7. The van der Waals surface area contributed by atoms with Gasteiger partial charge in [-0.1, -0.05) is 24.4 Å². The lowest BCUT2D eigenvalue weighted by Gasteiger charge is -2.23.